The zero-order valence-corrected chi connectivity index (χ0v) is 117. The number of halogens is 12. The summed E-state index contributed by atoms with van der Waals surface area (Å²) in [5.74, 6) is 0. The highest BCUT2D eigenvalue weighted by Crippen LogP contribution is 2.35. The molecule has 0 saturated carbocycles. The molecule has 3 heterocycles. The van der Waals surface area contributed by atoms with E-state index in [0.717, 1.165) is 33.4 Å². The maximum Gasteiger partial charge on any atom is 0.344 e. The standard InChI is InChI=1S/C14H16OSi.C12H10Cl2Si.C12H24O4Si4.C10H14OSi.C9H18O3Si3.C9H14OSi.C8H8Cl2Si.C7H8Cl2Si.C6H12Cl2O2Si.C5H12OSi.C4H12OSi.C3H6Cl2Si.C2H6Cl2Si/c1-15-16(2,13-9-5-3-6-10-13)14-11-7-4-8-12-14;13-15(14,11-7-3-1-4-8-11)12-9-5-2-6-10-12;1-9-17(5)13-18(6,10-2)15-20(8,12-4)16-19(7,11-3)14-17;1-4-12(3,11-2)10-8-6-5-7-9-10;1-7-13(4)10-14(5,8-2)12-15(6,9-3)11-13;1-10-11(2,3)9-7-5-4-6-8-9;1-2-11(9,10)8-6-4-3-5-7-8;1-10(8,9)7-5-3-2-4-6-7;1-11(7,8)3-2-9-4-6-5-10-6;1-5-7(3,4)6-2;1-5-6(2,3)4;1-3-6(2,4)5;1-5(2,3)4/h3-12H,1-2H3;1-10H;9-12H,1-4H2,5-8H3;4-9H,1H2,2-3H3;7-9H,1-3H2,4-6H3;4-8H,1-3H3;2-7H,1H2;2-6H,1H3;6H,2-5H2,1H3;5H,1H2,2-4H3;1-4H3;3H,1H2,2H3;1-2H3. The topological polar surface area (TPSA) is 133 Å². The van der Waals surface area contributed by atoms with E-state index < -0.39 is 142 Å². The number of rotatable bonds is 29. The molecule has 804 valence electrons. The Labute approximate surface area is 949 Å². The average molecular weight is 2530 g/mol. The lowest BCUT2D eigenvalue weighted by atomic mass is 10.4. The van der Waals surface area contributed by atoms with E-state index in [2.05, 4.69) is 216 Å². The summed E-state index contributed by atoms with van der Waals surface area (Å²) in [6.45, 7) is 73.4. The molecule has 0 bridgehead atoms. The third kappa shape index (κ3) is 62.3. The Morgan fingerprint density at radius 3 is 0.717 bits per heavy atom. The van der Waals surface area contributed by atoms with Crippen LogP contribution in [0.2, 0.25) is 144 Å². The predicted octanol–water partition coefficient (Wildman–Crippen LogP) is 28.4. The van der Waals surface area contributed by atoms with Gasteiger partial charge in [-0.2, -0.15) is 0 Å². The van der Waals surface area contributed by atoms with Crippen molar-refractivity contribution in [3.8, 4) is 0 Å². The largest absolute Gasteiger partial charge is 0.421 e. The molecule has 3 aliphatic heterocycles. The second-order valence-electron chi connectivity index (χ2n) is 36.6. The first-order valence-corrected chi connectivity index (χ1v) is 104. The minimum Gasteiger partial charge on any atom is -0.421 e. The first-order chi connectivity index (χ1) is 66.8. The van der Waals surface area contributed by atoms with Gasteiger partial charge in [0.15, 0.2) is 8.32 Å². The van der Waals surface area contributed by atoms with Crippen molar-refractivity contribution in [2.24, 2.45) is 0 Å². The molecule has 0 radical (unpaired) electrons. The van der Waals surface area contributed by atoms with Gasteiger partial charge in [0, 0.05) is 42.2 Å². The van der Waals surface area contributed by atoms with Crippen LogP contribution >= 0.6 is 133 Å². The molecule has 3 saturated heterocycles. The Bertz CT molecular complexity index is 4800. The molecular formula is C101H160Cl12O14Si18. The van der Waals surface area contributed by atoms with Crippen molar-refractivity contribution in [3.63, 3.8) is 0 Å². The van der Waals surface area contributed by atoms with E-state index in [1.165, 1.54) is 20.7 Å². The molecule has 2 unspecified atom stereocenters. The van der Waals surface area contributed by atoms with Gasteiger partial charge in [-0.3, -0.25) is 0 Å². The quantitative estimate of drug-likeness (QED) is 0.0191. The monoisotopic (exact) mass is 2520 g/mol. The number of ether oxygens (including phenoxy) is 2. The van der Waals surface area contributed by atoms with E-state index >= 15 is 0 Å². The molecule has 3 fully saturated rings. The molecular weight excluding hydrogens is 2370 g/mol. The molecule has 0 amide bonds. The number of hydrogen-bond donors (Lipinski definition) is 0. The third-order valence-corrected chi connectivity index (χ3v) is 76.8. The number of epoxide rings is 1. The van der Waals surface area contributed by atoms with Gasteiger partial charge in [0.2, 0.25) is 31.6 Å². The summed E-state index contributed by atoms with van der Waals surface area (Å²) in [5.41, 5.74) is 19.5. The van der Waals surface area contributed by atoms with E-state index in [-0.39, 0.29) is 0 Å². The smallest absolute Gasteiger partial charge is 0.344 e. The molecule has 3 aliphatic rings. The van der Waals surface area contributed by atoms with Gasteiger partial charge in [0.25, 0.3) is 28.4 Å². The van der Waals surface area contributed by atoms with Gasteiger partial charge in [-0.05, 0) is 185 Å². The van der Waals surface area contributed by atoms with Gasteiger partial charge in [0.05, 0.1) is 13.2 Å². The summed E-state index contributed by atoms with van der Waals surface area (Å²) in [6, 6.07) is 81.6. The van der Waals surface area contributed by atoms with Crippen molar-refractivity contribution in [2.45, 2.75) is 150 Å². The van der Waals surface area contributed by atoms with Gasteiger partial charge in [-0.15, -0.1) is 205 Å². The summed E-state index contributed by atoms with van der Waals surface area (Å²) in [4.78, 5) is 0. The summed E-state index contributed by atoms with van der Waals surface area (Å²) in [7, 11) is -16.3. The molecule has 0 aliphatic carbocycles. The first-order valence-electron chi connectivity index (χ1n) is 46.4. The Hall–Kier alpha value is -2.28. The SMILES string of the molecule is C=C[Si](C)(C)OC.C=C[Si](C)(Cl)Cl.C=C[Si](C)(OC)c1ccccc1.C=C[Si](Cl)(Cl)c1ccccc1.C=C[Si]1(C)O[Si](C)(C=C)O[Si](C)(C=C)O1.C=C[Si]1(C)O[Si](C)(C=C)O[Si](C)(C=C)O[Si](C)(C=C)O1.CO[Si](C)(C)C.CO[Si](C)(C)c1ccccc1.CO[Si](C)(c1ccccc1)c1ccccc1.C[Si](C)(Cl)Cl.C[Si](Cl)(Cl)CCOCC1CO1.C[Si](Cl)(Cl)c1ccccc1.Cl[Si](Cl)(c1ccccc1)c1ccccc1. The maximum atomic E-state index is 6.49. The fourth-order valence-electron chi connectivity index (χ4n) is 11.2. The first kappa shape index (κ1) is 145. The van der Waals surface area contributed by atoms with Crippen LogP contribution in [-0.4, -0.2) is 203 Å². The molecule has 14 nitrogen and oxygen atoms in total. The minimum absolute atomic E-state index is 0.341. The lowest BCUT2D eigenvalue weighted by Crippen LogP contribution is -2.65. The van der Waals surface area contributed by atoms with Crippen LogP contribution in [0.5, 0.6) is 0 Å². The highest BCUT2D eigenvalue weighted by Gasteiger charge is 2.55. The zero-order valence-electron chi connectivity index (χ0n) is 89.9. The zero-order chi connectivity index (χ0) is 112. The Balaban J connectivity index is 0. The lowest BCUT2D eigenvalue weighted by Gasteiger charge is -2.46. The van der Waals surface area contributed by atoms with Crippen molar-refractivity contribution in [2.75, 3.05) is 55.4 Å². The molecule has 0 aromatic heterocycles. The highest BCUT2D eigenvalue weighted by atomic mass is 35.7. The fraction of sp³-hybridized carbons (Fsp3) is 0.307. The van der Waals surface area contributed by atoms with Crippen molar-refractivity contribution in [1.29, 1.82) is 0 Å². The van der Waals surface area contributed by atoms with E-state index in [1.54, 1.807) is 86.3 Å². The number of benzene rings is 8. The van der Waals surface area contributed by atoms with E-state index in [0.29, 0.717) is 19.3 Å². The van der Waals surface area contributed by atoms with Crippen molar-refractivity contribution in [1.82, 2.24) is 0 Å². The summed E-state index contributed by atoms with van der Waals surface area (Å²) in [5, 5.41) is 9.34. The predicted molar refractivity (Wildman–Crippen MR) is 686 cm³/mol. The molecule has 8 aromatic rings. The Kier molecular flexibility index (Phi) is 68.9. The van der Waals surface area contributed by atoms with Gasteiger partial charge in [-0.1, -0.05) is 305 Å². The van der Waals surface area contributed by atoms with E-state index in [1.807, 2.05) is 248 Å². The molecule has 8 aromatic carbocycles. The van der Waals surface area contributed by atoms with Crippen molar-refractivity contribution >= 4 is 316 Å². The molecule has 0 spiro atoms. The summed E-state index contributed by atoms with van der Waals surface area (Å²) in [6.07, 6.45) is 0.341. The lowest BCUT2D eigenvalue weighted by molar-refractivity contribution is 0.128. The van der Waals surface area contributed by atoms with Crippen molar-refractivity contribution < 1.29 is 60.4 Å². The van der Waals surface area contributed by atoms with Crippen molar-refractivity contribution in [3.05, 3.63) is 378 Å². The molecule has 0 N–H and O–H groups in total. The Morgan fingerprint density at radius 2 is 0.545 bits per heavy atom. The molecule has 145 heavy (non-hydrogen) atoms. The normalized spacial score (nSPS) is 21.0. The van der Waals surface area contributed by atoms with Gasteiger partial charge in [-0.25, -0.2) is 0 Å². The van der Waals surface area contributed by atoms with Crippen LogP contribution in [0.15, 0.2) is 378 Å². The molecule has 11 rings (SSSR count). The van der Waals surface area contributed by atoms with Crippen LogP contribution in [-0.2, 0) is 60.4 Å². The van der Waals surface area contributed by atoms with Crippen LogP contribution in [0, 0.1) is 0 Å². The second-order valence-corrected chi connectivity index (χ2v) is 124. The van der Waals surface area contributed by atoms with E-state index in [9.17, 15) is 0 Å². The second kappa shape index (κ2) is 69.0. The van der Waals surface area contributed by atoms with Gasteiger partial charge < -0.3 is 60.4 Å². The molecule has 44 heteroatoms. The average Bonchev–Trinajstić information content (AvgIpc) is 1.74. The van der Waals surface area contributed by atoms with Crippen LogP contribution in [0.3, 0.4) is 0 Å². The van der Waals surface area contributed by atoms with Crippen LogP contribution in [0.4, 0.5) is 0 Å². The van der Waals surface area contributed by atoms with Gasteiger partial charge in [0.1, 0.15) is 6.10 Å². The van der Waals surface area contributed by atoms with Crippen LogP contribution < -0.4 is 41.5 Å². The maximum absolute atomic E-state index is 6.49. The highest BCUT2D eigenvalue weighted by molar-refractivity contribution is 7.56. The third-order valence-electron chi connectivity index (χ3n) is 21.0. The summed E-state index contributed by atoms with van der Waals surface area (Å²) >= 11 is 70.6. The molecule has 2 atom stereocenters. The Morgan fingerprint density at radius 1 is 0.303 bits per heavy atom. The van der Waals surface area contributed by atoms with Crippen LogP contribution in [0.1, 0.15) is 0 Å². The number of hydrogen-bond acceptors (Lipinski definition) is 14. The summed E-state index contributed by atoms with van der Waals surface area (Å²) < 4.78 is 80.0. The van der Waals surface area contributed by atoms with Gasteiger partial charge >= 0.3 is 73.3 Å². The van der Waals surface area contributed by atoms with Crippen LogP contribution in [0.25, 0.3) is 0 Å². The minimum atomic E-state index is -2.60. The fourth-order valence-corrected chi connectivity index (χ4v) is 54.7. The van der Waals surface area contributed by atoms with E-state index in [4.69, 9.17) is 193 Å².